The molecular formula is C23H20N4O4. The third kappa shape index (κ3) is 4.48. The highest BCUT2D eigenvalue weighted by Crippen LogP contribution is 2.23. The minimum absolute atomic E-state index is 0.229. The Morgan fingerprint density at radius 3 is 2.06 bits per heavy atom. The van der Waals surface area contributed by atoms with Gasteiger partial charge in [0, 0.05) is 11.1 Å². The number of benzene rings is 3. The number of H-pyrrole nitrogens is 2. The van der Waals surface area contributed by atoms with E-state index in [0.717, 1.165) is 5.56 Å². The minimum Gasteiger partial charge on any atom is -0.457 e. The highest BCUT2D eigenvalue weighted by Gasteiger charge is 2.13. The lowest BCUT2D eigenvalue weighted by Crippen LogP contribution is -2.26. The first-order valence-electron chi connectivity index (χ1n) is 9.59. The summed E-state index contributed by atoms with van der Waals surface area (Å²) in [6.07, 6.45) is 0. The molecule has 4 rings (SSSR count). The highest BCUT2D eigenvalue weighted by molar-refractivity contribution is 5.94. The van der Waals surface area contributed by atoms with Crippen LogP contribution in [0.25, 0.3) is 11.0 Å². The number of hydrogen-bond donors (Lipinski definition) is 4. The number of rotatable bonds is 6. The normalized spacial score (nSPS) is 11.8. The maximum absolute atomic E-state index is 12.6. The van der Waals surface area contributed by atoms with E-state index in [0.29, 0.717) is 33.7 Å². The number of carbonyl (C=O) groups excluding carboxylic acids is 2. The molecule has 1 heterocycles. The molecule has 0 bridgehead atoms. The average molecular weight is 416 g/mol. The van der Waals surface area contributed by atoms with Crippen molar-refractivity contribution in [2.75, 3.05) is 0 Å². The van der Waals surface area contributed by atoms with Crippen molar-refractivity contribution in [3.63, 3.8) is 0 Å². The second-order valence-electron chi connectivity index (χ2n) is 7.09. The van der Waals surface area contributed by atoms with E-state index in [2.05, 4.69) is 15.3 Å². The largest absolute Gasteiger partial charge is 0.457 e. The maximum atomic E-state index is 12.6. The Bertz CT molecular complexity index is 1300. The quantitative estimate of drug-likeness (QED) is 0.384. The maximum Gasteiger partial charge on any atom is 0.323 e. The molecule has 1 unspecified atom stereocenters. The molecule has 0 aliphatic carbocycles. The Kier molecular flexibility index (Phi) is 5.28. The molecular weight excluding hydrogens is 396 g/mol. The molecule has 5 N–H and O–H groups in total. The molecule has 8 heteroatoms. The first kappa shape index (κ1) is 20.0. The number of nitrogens with two attached hydrogens (primary N) is 1. The number of carbonyl (C=O) groups is 2. The Labute approximate surface area is 177 Å². The van der Waals surface area contributed by atoms with Gasteiger partial charge in [0.15, 0.2) is 0 Å². The first-order chi connectivity index (χ1) is 14.9. The van der Waals surface area contributed by atoms with Crippen LogP contribution >= 0.6 is 0 Å². The molecule has 0 fully saturated rings. The van der Waals surface area contributed by atoms with Gasteiger partial charge in [-0.2, -0.15) is 0 Å². The number of ether oxygens (including phenoxy) is 1. The van der Waals surface area contributed by atoms with E-state index in [1.165, 1.54) is 0 Å². The fourth-order valence-electron chi connectivity index (χ4n) is 3.18. The Balaban J connectivity index is 1.41. The standard InChI is InChI=1S/C23H20N4O4/c1-13(16-6-11-19-20(12-16)27-23(30)26-19)25-22(29)15-4-9-18(10-5-15)31-17-7-2-14(3-8-17)21(24)28/h2-13H,1H3,(H2,24,28)(H,25,29)(H2,26,27,30). The van der Waals surface area contributed by atoms with Gasteiger partial charge in [0.05, 0.1) is 17.1 Å². The number of hydrogen-bond acceptors (Lipinski definition) is 4. The molecule has 0 saturated heterocycles. The number of primary amides is 1. The summed E-state index contributed by atoms with van der Waals surface area (Å²) in [4.78, 5) is 40.5. The third-order valence-electron chi connectivity index (χ3n) is 4.88. The van der Waals surface area contributed by atoms with Gasteiger partial charge in [-0.1, -0.05) is 6.07 Å². The number of nitrogens with one attached hydrogen (secondary N) is 3. The number of aromatic nitrogens is 2. The van der Waals surface area contributed by atoms with Crippen LogP contribution in [0.5, 0.6) is 11.5 Å². The molecule has 1 atom stereocenters. The Hall–Kier alpha value is -4.33. The number of aromatic amines is 2. The van der Waals surface area contributed by atoms with E-state index in [1.807, 2.05) is 19.1 Å². The highest BCUT2D eigenvalue weighted by atomic mass is 16.5. The smallest absolute Gasteiger partial charge is 0.323 e. The molecule has 1 aromatic heterocycles. The molecule has 0 saturated carbocycles. The van der Waals surface area contributed by atoms with Crippen molar-refractivity contribution in [2.24, 2.45) is 5.73 Å². The van der Waals surface area contributed by atoms with Gasteiger partial charge in [-0.05, 0) is 73.2 Å². The van der Waals surface area contributed by atoms with Crippen LogP contribution < -0.4 is 21.5 Å². The van der Waals surface area contributed by atoms with E-state index in [9.17, 15) is 14.4 Å². The zero-order valence-corrected chi connectivity index (χ0v) is 16.6. The van der Waals surface area contributed by atoms with Crippen LogP contribution in [0, 0.1) is 0 Å². The van der Waals surface area contributed by atoms with E-state index in [1.54, 1.807) is 54.6 Å². The minimum atomic E-state index is -0.502. The molecule has 3 aromatic carbocycles. The lowest BCUT2D eigenvalue weighted by atomic mass is 10.1. The number of imidazole rings is 1. The second kappa shape index (κ2) is 8.19. The van der Waals surface area contributed by atoms with E-state index in [-0.39, 0.29) is 17.6 Å². The van der Waals surface area contributed by atoms with Crippen molar-refractivity contribution in [1.82, 2.24) is 15.3 Å². The van der Waals surface area contributed by atoms with Crippen LogP contribution in [-0.4, -0.2) is 21.8 Å². The summed E-state index contributed by atoms with van der Waals surface area (Å²) in [6, 6.07) is 18.4. The summed E-state index contributed by atoms with van der Waals surface area (Å²) >= 11 is 0. The van der Waals surface area contributed by atoms with Gasteiger partial charge >= 0.3 is 5.69 Å². The molecule has 0 aliphatic rings. The van der Waals surface area contributed by atoms with Crippen molar-refractivity contribution in [1.29, 1.82) is 0 Å². The van der Waals surface area contributed by atoms with Gasteiger partial charge in [-0.15, -0.1) is 0 Å². The van der Waals surface area contributed by atoms with Crippen LogP contribution in [0.15, 0.2) is 71.5 Å². The lowest BCUT2D eigenvalue weighted by Gasteiger charge is -2.15. The molecule has 4 aromatic rings. The summed E-state index contributed by atoms with van der Waals surface area (Å²) < 4.78 is 5.73. The van der Waals surface area contributed by atoms with Gasteiger partial charge in [0.25, 0.3) is 5.91 Å². The van der Waals surface area contributed by atoms with Crippen molar-refractivity contribution >= 4 is 22.8 Å². The second-order valence-corrected chi connectivity index (χ2v) is 7.09. The molecule has 156 valence electrons. The van der Waals surface area contributed by atoms with Crippen LogP contribution in [0.3, 0.4) is 0 Å². The predicted octanol–water partition coefficient (Wildman–Crippen LogP) is 3.24. The van der Waals surface area contributed by atoms with E-state index >= 15 is 0 Å². The van der Waals surface area contributed by atoms with Gasteiger partial charge in [0.2, 0.25) is 5.91 Å². The van der Waals surface area contributed by atoms with Gasteiger partial charge in [0.1, 0.15) is 11.5 Å². The summed E-state index contributed by atoms with van der Waals surface area (Å²) in [5, 5.41) is 2.94. The summed E-state index contributed by atoms with van der Waals surface area (Å²) in [6.45, 7) is 1.87. The molecule has 0 radical (unpaired) electrons. The van der Waals surface area contributed by atoms with Gasteiger partial charge in [-0.25, -0.2) is 4.79 Å². The van der Waals surface area contributed by atoms with Crippen molar-refractivity contribution in [3.8, 4) is 11.5 Å². The molecule has 0 spiro atoms. The molecule has 31 heavy (non-hydrogen) atoms. The van der Waals surface area contributed by atoms with Crippen LogP contribution in [0.2, 0.25) is 0 Å². The van der Waals surface area contributed by atoms with Crippen LogP contribution in [0.1, 0.15) is 39.2 Å². The van der Waals surface area contributed by atoms with Crippen LogP contribution in [-0.2, 0) is 0 Å². The molecule has 8 nitrogen and oxygen atoms in total. The third-order valence-corrected chi connectivity index (χ3v) is 4.88. The van der Waals surface area contributed by atoms with Gasteiger partial charge < -0.3 is 25.8 Å². The first-order valence-corrected chi connectivity index (χ1v) is 9.59. The zero-order valence-electron chi connectivity index (χ0n) is 16.6. The molecule has 0 aliphatic heterocycles. The van der Waals surface area contributed by atoms with Crippen LogP contribution in [0.4, 0.5) is 0 Å². The SMILES string of the molecule is CC(NC(=O)c1ccc(Oc2ccc(C(N)=O)cc2)cc1)c1ccc2[nH]c(=O)[nH]c2c1. The summed E-state index contributed by atoms with van der Waals surface area (Å²) in [5.74, 6) is 0.372. The average Bonchev–Trinajstić information content (AvgIpc) is 3.13. The fraction of sp³-hybridized carbons (Fsp3) is 0.0870. The predicted molar refractivity (Wildman–Crippen MR) is 116 cm³/mol. The zero-order chi connectivity index (χ0) is 22.0. The summed E-state index contributed by atoms with van der Waals surface area (Å²) in [7, 11) is 0. The topological polar surface area (TPSA) is 130 Å². The van der Waals surface area contributed by atoms with E-state index < -0.39 is 5.91 Å². The van der Waals surface area contributed by atoms with Crippen molar-refractivity contribution < 1.29 is 14.3 Å². The lowest BCUT2D eigenvalue weighted by molar-refractivity contribution is 0.0938. The van der Waals surface area contributed by atoms with Gasteiger partial charge in [-0.3, -0.25) is 9.59 Å². The monoisotopic (exact) mass is 416 g/mol. The number of fused-ring (bicyclic) bond motifs is 1. The molecule has 2 amide bonds. The van der Waals surface area contributed by atoms with Crippen molar-refractivity contribution in [3.05, 3.63) is 93.9 Å². The fourth-order valence-corrected chi connectivity index (χ4v) is 3.18. The number of amides is 2. The van der Waals surface area contributed by atoms with Crippen molar-refractivity contribution in [2.45, 2.75) is 13.0 Å². The summed E-state index contributed by atoms with van der Waals surface area (Å²) in [5.41, 5.74) is 8.12. The Morgan fingerprint density at radius 2 is 1.45 bits per heavy atom. The van der Waals surface area contributed by atoms with E-state index in [4.69, 9.17) is 10.5 Å². The Morgan fingerprint density at radius 1 is 0.871 bits per heavy atom.